The number of carbonyl (C=O) groups is 1. The predicted molar refractivity (Wildman–Crippen MR) is 112 cm³/mol. The fourth-order valence-corrected chi connectivity index (χ4v) is 4.76. The van der Waals surface area contributed by atoms with Crippen LogP contribution in [0.15, 0.2) is 45.2 Å². The zero-order valence-electron chi connectivity index (χ0n) is 15.4. The molecular weight excluding hydrogens is 424 g/mol. The molecule has 2 heterocycles. The molecule has 0 saturated heterocycles. The summed E-state index contributed by atoms with van der Waals surface area (Å²) in [6.07, 6.45) is 5.99. The zero-order valence-corrected chi connectivity index (χ0v) is 17.8. The Kier molecular flexibility index (Phi) is 5.68. The molecule has 0 fully saturated rings. The van der Waals surface area contributed by atoms with Gasteiger partial charge in [-0.25, -0.2) is 4.68 Å². The number of Topliss-reactive ketones (excluding diaryl/α,β-unsaturated/α-hetero) is 1. The summed E-state index contributed by atoms with van der Waals surface area (Å²) in [5.41, 5.74) is 2.93. The van der Waals surface area contributed by atoms with Gasteiger partial charge < -0.3 is 5.32 Å². The lowest BCUT2D eigenvalue weighted by atomic mass is 9.85. The summed E-state index contributed by atoms with van der Waals surface area (Å²) < 4.78 is 2.92. The summed E-state index contributed by atoms with van der Waals surface area (Å²) in [4.78, 5) is 17.5. The predicted octanol–water partition coefficient (Wildman–Crippen LogP) is 5.34. The van der Waals surface area contributed by atoms with E-state index in [1.54, 1.807) is 11.8 Å². The van der Waals surface area contributed by atoms with Crippen LogP contribution in [0.25, 0.3) is 0 Å². The van der Waals surface area contributed by atoms with Gasteiger partial charge in [0.2, 0.25) is 11.1 Å². The molecule has 1 aliphatic heterocycles. The number of anilines is 1. The Bertz CT molecular complexity index is 875. The molecule has 2 aliphatic rings. The van der Waals surface area contributed by atoms with E-state index in [1.807, 2.05) is 16.8 Å². The summed E-state index contributed by atoms with van der Waals surface area (Å²) in [7, 11) is 0. The van der Waals surface area contributed by atoms with Crippen LogP contribution in [-0.2, 0) is 4.79 Å². The van der Waals surface area contributed by atoms with Crippen LogP contribution in [0.2, 0.25) is 0 Å². The number of hydrogen-bond donors (Lipinski definition) is 1. The number of aromatic nitrogens is 3. The highest BCUT2D eigenvalue weighted by molar-refractivity contribution is 9.10. The Hall–Kier alpha value is -1.60. The smallest absolute Gasteiger partial charge is 0.227 e. The van der Waals surface area contributed by atoms with E-state index in [0.717, 1.165) is 51.0 Å². The largest absolute Gasteiger partial charge is 0.328 e. The van der Waals surface area contributed by atoms with E-state index < -0.39 is 0 Å². The van der Waals surface area contributed by atoms with E-state index in [1.165, 1.54) is 19.3 Å². The summed E-state index contributed by atoms with van der Waals surface area (Å²) in [5.74, 6) is 1.98. The fourth-order valence-electron chi connectivity index (χ4n) is 3.67. The first-order chi connectivity index (χ1) is 13.2. The first kappa shape index (κ1) is 18.7. The van der Waals surface area contributed by atoms with E-state index in [0.29, 0.717) is 6.42 Å². The van der Waals surface area contributed by atoms with Gasteiger partial charge in [0.25, 0.3) is 0 Å². The summed E-state index contributed by atoms with van der Waals surface area (Å²) in [6, 6.07) is 7.96. The van der Waals surface area contributed by atoms with Gasteiger partial charge in [0.1, 0.15) is 6.04 Å². The van der Waals surface area contributed by atoms with Crippen molar-refractivity contribution in [3.63, 3.8) is 0 Å². The van der Waals surface area contributed by atoms with E-state index in [-0.39, 0.29) is 11.8 Å². The van der Waals surface area contributed by atoms with Crippen molar-refractivity contribution in [1.29, 1.82) is 0 Å². The number of carbonyl (C=O) groups excluding carboxylic acids is 1. The monoisotopic (exact) mass is 446 g/mol. The van der Waals surface area contributed by atoms with E-state index >= 15 is 0 Å². The minimum atomic E-state index is -0.199. The minimum Gasteiger partial charge on any atom is -0.328 e. The fraction of sp³-hybridized carbons (Fsp3) is 0.450. The van der Waals surface area contributed by atoms with Crippen LogP contribution in [0.5, 0.6) is 0 Å². The van der Waals surface area contributed by atoms with Crippen LogP contribution in [0, 0.1) is 0 Å². The normalized spacial score (nSPS) is 18.9. The third-order valence-electron chi connectivity index (χ3n) is 5.01. The lowest BCUT2D eigenvalue weighted by Gasteiger charge is -2.32. The molecule has 1 N–H and O–H groups in total. The summed E-state index contributed by atoms with van der Waals surface area (Å²) >= 11 is 5.19. The first-order valence-corrected chi connectivity index (χ1v) is 11.3. The molecule has 0 amide bonds. The van der Waals surface area contributed by atoms with E-state index in [2.05, 4.69) is 40.3 Å². The van der Waals surface area contributed by atoms with Crippen LogP contribution in [0.4, 0.5) is 5.95 Å². The standard InChI is InChI=1S/C20H23BrN4OS/c1-2-3-4-12-27-20-23-19-22-15-6-5-7-16(26)17(15)18(25(19)24-20)13-8-10-14(21)11-9-13/h8-11,18H,2-7,12H2,1H3,(H,22,23,24). The maximum Gasteiger partial charge on any atom is 0.227 e. The molecule has 0 saturated carbocycles. The SMILES string of the molecule is CCCCCSc1nc2n(n1)C(c1ccc(Br)cc1)C1=C(CCCC1=O)N2. The molecule has 1 unspecified atom stereocenters. The molecule has 1 atom stereocenters. The van der Waals surface area contributed by atoms with Gasteiger partial charge in [-0.15, -0.1) is 5.10 Å². The van der Waals surface area contributed by atoms with Crippen LogP contribution in [0.3, 0.4) is 0 Å². The van der Waals surface area contributed by atoms with Crippen LogP contribution in [0.1, 0.15) is 57.1 Å². The third-order valence-corrected chi connectivity index (χ3v) is 6.47. The molecule has 27 heavy (non-hydrogen) atoms. The number of thioether (sulfide) groups is 1. The number of hydrogen-bond acceptors (Lipinski definition) is 5. The molecular formula is C20H23BrN4OS. The van der Waals surface area contributed by atoms with Crippen molar-refractivity contribution in [2.24, 2.45) is 0 Å². The Morgan fingerprint density at radius 2 is 2.07 bits per heavy atom. The van der Waals surface area contributed by atoms with Gasteiger partial charge in [-0.3, -0.25) is 4.79 Å². The first-order valence-electron chi connectivity index (χ1n) is 9.55. The second kappa shape index (κ2) is 8.19. The van der Waals surface area contributed by atoms with Crippen molar-refractivity contribution in [1.82, 2.24) is 14.8 Å². The van der Waals surface area contributed by atoms with Crippen LogP contribution >= 0.6 is 27.7 Å². The van der Waals surface area contributed by atoms with Gasteiger partial charge >= 0.3 is 0 Å². The van der Waals surface area contributed by atoms with Gasteiger partial charge in [-0.1, -0.05) is 59.6 Å². The topological polar surface area (TPSA) is 59.8 Å². The van der Waals surface area contributed by atoms with Gasteiger partial charge in [0.05, 0.1) is 0 Å². The maximum absolute atomic E-state index is 12.8. The van der Waals surface area contributed by atoms with Crippen molar-refractivity contribution in [3.8, 4) is 0 Å². The molecule has 1 aromatic carbocycles. The molecule has 0 bridgehead atoms. The number of allylic oxidation sites excluding steroid dienone is 2. The van der Waals surface area contributed by atoms with Gasteiger partial charge in [0.15, 0.2) is 5.78 Å². The Morgan fingerprint density at radius 1 is 1.26 bits per heavy atom. The molecule has 0 spiro atoms. The second-order valence-corrected chi connectivity index (χ2v) is 8.94. The van der Waals surface area contributed by atoms with Gasteiger partial charge in [0, 0.05) is 27.9 Å². The Balaban J connectivity index is 1.70. The van der Waals surface area contributed by atoms with Crippen molar-refractivity contribution in [2.45, 2.75) is 56.6 Å². The highest BCUT2D eigenvalue weighted by Gasteiger charge is 2.36. The highest BCUT2D eigenvalue weighted by Crippen LogP contribution is 2.40. The lowest BCUT2D eigenvalue weighted by Crippen LogP contribution is -2.31. The number of nitrogens with zero attached hydrogens (tertiary/aromatic N) is 3. The molecule has 4 rings (SSSR count). The molecule has 1 aliphatic carbocycles. The molecule has 142 valence electrons. The minimum absolute atomic E-state index is 0.199. The maximum atomic E-state index is 12.8. The third kappa shape index (κ3) is 3.85. The molecule has 1 aromatic heterocycles. The van der Waals surface area contributed by atoms with E-state index in [4.69, 9.17) is 10.1 Å². The van der Waals surface area contributed by atoms with Gasteiger partial charge in [-0.2, -0.15) is 4.98 Å². The number of ketones is 1. The lowest BCUT2D eigenvalue weighted by molar-refractivity contribution is -0.116. The average Bonchev–Trinajstić information content (AvgIpc) is 3.07. The molecule has 7 heteroatoms. The number of fused-ring (bicyclic) bond motifs is 1. The van der Waals surface area contributed by atoms with Crippen molar-refractivity contribution in [3.05, 3.63) is 45.6 Å². The Labute approximate surface area is 172 Å². The highest BCUT2D eigenvalue weighted by atomic mass is 79.9. The number of rotatable bonds is 6. The molecule has 0 radical (unpaired) electrons. The van der Waals surface area contributed by atoms with Crippen LogP contribution in [-0.4, -0.2) is 26.3 Å². The van der Waals surface area contributed by atoms with Crippen molar-refractivity contribution < 1.29 is 4.79 Å². The van der Waals surface area contributed by atoms with Crippen molar-refractivity contribution in [2.75, 3.05) is 11.1 Å². The van der Waals surface area contributed by atoms with Gasteiger partial charge in [-0.05, 0) is 37.0 Å². The average molecular weight is 447 g/mol. The number of halogens is 1. The quantitative estimate of drug-likeness (QED) is 0.478. The molecule has 5 nitrogen and oxygen atoms in total. The number of benzene rings is 1. The van der Waals surface area contributed by atoms with Crippen LogP contribution < -0.4 is 5.32 Å². The van der Waals surface area contributed by atoms with E-state index in [9.17, 15) is 4.79 Å². The zero-order chi connectivity index (χ0) is 18.8. The molecule has 2 aromatic rings. The second-order valence-electron chi connectivity index (χ2n) is 6.97. The Morgan fingerprint density at radius 3 is 2.85 bits per heavy atom. The van der Waals surface area contributed by atoms with Crippen molar-refractivity contribution >= 4 is 39.4 Å². The summed E-state index contributed by atoms with van der Waals surface area (Å²) in [6.45, 7) is 2.21. The number of nitrogens with one attached hydrogen (secondary N) is 1. The summed E-state index contributed by atoms with van der Waals surface area (Å²) in [5, 5.41) is 8.93. The number of unbranched alkanes of at least 4 members (excludes halogenated alkanes) is 2.